The van der Waals surface area contributed by atoms with Gasteiger partial charge in [0.15, 0.2) is 0 Å². The molecule has 0 heterocycles. The molecule has 17 heavy (non-hydrogen) atoms. The molecule has 0 aromatic rings. The number of carbonyl (C=O) groups is 2. The van der Waals surface area contributed by atoms with E-state index in [1.807, 2.05) is 6.92 Å². The van der Waals surface area contributed by atoms with Crippen molar-refractivity contribution in [1.82, 2.24) is 0 Å². The molecular formula is C13H22O4. The van der Waals surface area contributed by atoms with Gasteiger partial charge in [0.2, 0.25) is 0 Å². The lowest BCUT2D eigenvalue weighted by Gasteiger charge is -2.04. The minimum atomic E-state index is -0.502. The second kappa shape index (κ2) is 9.87. The van der Waals surface area contributed by atoms with E-state index in [-0.39, 0.29) is 0 Å². The largest absolute Gasteiger partial charge is 0.463 e. The Labute approximate surface area is 103 Å². The van der Waals surface area contributed by atoms with Crippen LogP contribution in [-0.2, 0) is 19.1 Å². The van der Waals surface area contributed by atoms with Crippen LogP contribution >= 0.6 is 0 Å². The van der Waals surface area contributed by atoms with Crippen LogP contribution in [-0.4, -0.2) is 25.2 Å². The van der Waals surface area contributed by atoms with Crippen LogP contribution in [0.25, 0.3) is 0 Å². The van der Waals surface area contributed by atoms with Crippen LogP contribution in [0.1, 0.15) is 40.0 Å². The van der Waals surface area contributed by atoms with E-state index in [9.17, 15) is 9.59 Å². The Kier molecular flexibility index (Phi) is 9.11. The predicted octanol–water partition coefficient (Wildman–Crippen LogP) is 2.48. The highest BCUT2D eigenvalue weighted by Gasteiger charge is 2.01. The molecule has 0 saturated carbocycles. The lowest BCUT2D eigenvalue weighted by atomic mass is 10.1. The minimum Gasteiger partial charge on any atom is -0.463 e. The lowest BCUT2D eigenvalue weighted by molar-refractivity contribution is -0.140. The number of hydrogen-bond donors (Lipinski definition) is 0. The molecule has 0 aromatic carbocycles. The fourth-order valence-corrected chi connectivity index (χ4v) is 0.945. The van der Waals surface area contributed by atoms with Crippen molar-refractivity contribution >= 4 is 11.9 Å². The van der Waals surface area contributed by atoms with E-state index in [0.29, 0.717) is 19.1 Å². The molecule has 0 rings (SSSR count). The van der Waals surface area contributed by atoms with Gasteiger partial charge in [-0.25, -0.2) is 9.59 Å². The van der Waals surface area contributed by atoms with Crippen molar-refractivity contribution in [2.24, 2.45) is 5.92 Å². The maximum atomic E-state index is 11.1. The van der Waals surface area contributed by atoms with Gasteiger partial charge in [0.25, 0.3) is 0 Å². The summed E-state index contributed by atoms with van der Waals surface area (Å²) < 4.78 is 9.74. The monoisotopic (exact) mass is 242 g/mol. The van der Waals surface area contributed by atoms with Crippen molar-refractivity contribution < 1.29 is 19.1 Å². The van der Waals surface area contributed by atoms with E-state index in [0.717, 1.165) is 31.4 Å². The van der Waals surface area contributed by atoms with Crippen LogP contribution in [0.3, 0.4) is 0 Å². The first-order valence-corrected chi connectivity index (χ1v) is 6.07. The van der Waals surface area contributed by atoms with Crippen molar-refractivity contribution in [1.29, 1.82) is 0 Å². The summed E-state index contributed by atoms with van der Waals surface area (Å²) in [5.74, 6) is -0.511. The summed E-state index contributed by atoms with van der Waals surface area (Å²) in [6.07, 6.45) is 4.83. The fourth-order valence-electron chi connectivity index (χ4n) is 0.945. The number of carbonyl (C=O) groups excluding carboxylic acids is 2. The molecule has 0 aliphatic carbocycles. The normalized spacial score (nSPS) is 10.8. The van der Waals surface area contributed by atoms with Crippen LogP contribution in [0, 0.1) is 5.92 Å². The van der Waals surface area contributed by atoms with Crippen molar-refractivity contribution in [2.75, 3.05) is 13.2 Å². The lowest BCUT2D eigenvalue weighted by Crippen LogP contribution is -2.07. The third kappa shape index (κ3) is 11.0. The Morgan fingerprint density at radius 2 is 1.59 bits per heavy atom. The van der Waals surface area contributed by atoms with E-state index in [2.05, 4.69) is 13.8 Å². The molecule has 0 atom stereocenters. The number of rotatable bonds is 8. The molecule has 0 radical (unpaired) electrons. The van der Waals surface area contributed by atoms with Crippen LogP contribution in [0.4, 0.5) is 0 Å². The second-order valence-electron chi connectivity index (χ2n) is 4.20. The molecule has 0 amide bonds. The SMILES string of the molecule is CCCCOC(=O)/C=C/C(=O)OCCC(C)C. The van der Waals surface area contributed by atoms with Gasteiger partial charge in [-0.1, -0.05) is 27.2 Å². The summed E-state index contributed by atoms with van der Waals surface area (Å²) in [7, 11) is 0. The molecule has 0 bridgehead atoms. The molecule has 0 unspecified atom stereocenters. The molecule has 0 fully saturated rings. The first kappa shape index (κ1) is 15.7. The van der Waals surface area contributed by atoms with Gasteiger partial charge in [-0.2, -0.15) is 0 Å². The summed E-state index contributed by atoms with van der Waals surface area (Å²) in [5, 5.41) is 0. The summed E-state index contributed by atoms with van der Waals surface area (Å²) in [6.45, 7) is 6.88. The molecule has 0 N–H and O–H groups in total. The van der Waals surface area contributed by atoms with Gasteiger partial charge in [0.1, 0.15) is 0 Å². The Morgan fingerprint density at radius 1 is 1.06 bits per heavy atom. The predicted molar refractivity (Wildman–Crippen MR) is 65.4 cm³/mol. The second-order valence-corrected chi connectivity index (χ2v) is 4.20. The summed E-state index contributed by atoms with van der Waals surface area (Å²) in [6, 6.07) is 0. The first-order valence-electron chi connectivity index (χ1n) is 6.07. The number of esters is 2. The molecule has 0 aliphatic rings. The minimum absolute atomic E-state index is 0.381. The summed E-state index contributed by atoms with van der Waals surface area (Å²) in [4.78, 5) is 22.2. The van der Waals surface area contributed by atoms with Crippen LogP contribution in [0.2, 0.25) is 0 Å². The Hall–Kier alpha value is -1.32. The Morgan fingerprint density at radius 3 is 2.06 bits per heavy atom. The van der Waals surface area contributed by atoms with E-state index < -0.39 is 11.9 Å². The Balaban J connectivity index is 3.67. The highest BCUT2D eigenvalue weighted by Crippen LogP contribution is 1.99. The maximum Gasteiger partial charge on any atom is 0.331 e. The molecule has 4 heteroatoms. The Bertz CT molecular complexity index is 256. The topological polar surface area (TPSA) is 52.6 Å². The van der Waals surface area contributed by atoms with Crippen molar-refractivity contribution in [2.45, 2.75) is 40.0 Å². The summed E-state index contributed by atoms with van der Waals surface area (Å²) >= 11 is 0. The first-order chi connectivity index (χ1) is 8.06. The van der Waals surface area contributed by atoms with Gasteiger partial charge in [-0.15, -0.1) is 0 Å². The maximum absolute atomic E-state index is 11.1. The molecule has 98 valence electrons. The smallest absolute Gasteiger partial charge is 0.331 e. The highest BCUT2D eigenvalue weighted by atomic mass is 16.5. The molecule has 0 spiro atoms. The van der Waals surface area contributed by atoms with Gasteiger partial charge in [0, 0.05) is 12.2 Å². The van der Waals surface area contributed by atoms with Crippen LogP contribution in [0.15, 0.2) is 12.2 Å². The van der Waals surface area contributed by atoms with E-state index in [1.54, 1.807) is 0 Å². The standard InChI is InChI=1S/C13H22O4/c1-4-5-9-16-12(14)6-7-13(15)17-10-8-11(2)3/h6-7,11H,4-5,8-10H2,1-3H3/b7-6+. The molecular weight excluding hydrogens is 220 g/mol. The molecule has 0 aliphatic heterocycles. The highest BCUT2D eigenvalue weighted by molar-refractivity contribution is 5.91. The average molecular weight is 242 g/mol. The average Bonchev–Trinajstić information content (AvgIpc) is 2.26. The van der Waals surface area contributed by atoms with E-state index in [4.69, 9.17) is 9.47 Å². The molecule has 0 aromatic heterocycles. The van der Waals surface area contributed by atoms with Gasteiger partial charge in [-0.05, 0) is 18.8 Å². The number of unbranched alkanes of at least 4 members (excludes halogenated alkanes) is 1. The zero-order valence-corrected chi connectivity index (χ0v) is 10.9. The quantitative estimate of drug-likeness (QED) is 0.373. The van der Waals surface area contributed by atoms with E-state index in [1.165, 1.54) is 0 Å². The zero-order valence-electron chi connectivity index (χ0n) is 10.9. The number of hydrogen-bond acceptors (Lipinski definition) is 4. The van der Waals surface area contributed by atoms with Crippen molar-refractivity contribution in [3.63, 3.8) is 0 Å². The molecule has 0 saturated heterocycles. The van der Waals surface area contributed by atoms with Gasteiger partial charge in [0.05, 0.1) is 13.2 Å². The van der Waals surface area contributed by atoms with Gasteiger partial charge >= 0.3 is 11.9 Å². The fraction of sp³-hybridized carbons (Fsp3) is 0.692. The van der Waals surface area contributed by atoms with Crippen LogP contribution in [0.5, 0.6) is 0 Å². The zero-order chi connectivity index (χ0) is 13.1. The summed E-state index contributed by atoms with van der Waals surface area (Å²) in [5.41, 5.74) is 0. The van der Waals surface area contributed by atoms with Crippen molar-refractivity contribution in [3.8, 4) is 0 Å². The van der Waals surface area contributed by atoms with Gasteiger partial charge < -0.3 is 9.47 Å². The van der Waals surface area contributed by atoms with Crippen LogP contribution < -0.4 is 0 Å². The third-order valence-corrected chi connectivity index (χ3v) is 2.04. The van der Waals surface area contributed by atoms with E-state index >= 15 is 0 Å². The third-order valence-electron chi connectivity index (χ3n) is 2.04. The van der Waals surface area contributed by atoms with Gasteiger partial charge in [-0.3, -0.25) is 0 Å². The van der Waals surface area contributed by atoms with Crippen molar-refractivity contribution in [3.05, 3.63) is 12.2 Å². The number of ether oxygens (including phenoxy) is 2. The molecule has 4 nitrogen and oxygen atoms in total.